The Morgan fingerprint density at radius 3 is 2.49 bits per heavy atom. The predicted octanol–water partition coefficient (Wildman–Crippen LogP) is 4.85. The maximum Gasteiger partial charge on any atom is 0.310 e. The molecule has 41 heavy (non-hydrogen) atoms. The van der Waals surface area contributed by atoms with Crippen molar-refractivity contribution in [2.75, 3.05) is 19.8 Å². The summed E-state index contributed by atoms with van der Waals surface area (Å²) in [6.45, 7) is 16.6. The van der Waals surface area contributed by atoms with Gasteiger partial charge in [-0.3, -0.25) is 14.4 Å². The van der Waals surface area contributed by atoms with Gasteiger partial charge < -0.3 is 19.6 Å². The normalized spacial score (nSPS) is 29.8. The fourth-order valence-electron chi connectivity index (χ4n) is 7.69. The zero-order valence-electron chi connectivity index (χ0n) is 25.1. The number of nitrogens with zero attached hydrogens (tertiary/aromatic N) is 2. The number of benzene rings is 1. The van der Waals surface area contributed by atoms with E-state index in [2.05, 4.69) is 57.1 Å². The topological polar surface area (TPSA) is 87.2 Å². The summed E-state index contributed by atoms with van der Waals surface area (Å²) < 4.78 is 4.67. The number of carbonyl (C=O) groups excluding carboxylic acids is 3. The van der Waals surface area contributed by atoms with Crippen LogP contribution in [-0.4, -0.2) is 84.9 Å². The minimum absolute atomic E-state index is 0.0432. The van der Waals surface area contributed by atoms with E-state index >= 15 is 0 Å². The SMILES string of the molecule is C=CCN(C(=O)C1N([C@@H](CO)Cc2ccccc2)C(=O)[C@@H]2[C@@H](C(=O)OCC)[C@@H]3SC12CC3Br)C(C)(C)CC(C)(C)C. The van der Waals surface area contributed by atoms with Crippen molar-refractivity contribution in [3.05, 3.63) is 48.6 Å². The third-order valence-corrected chi connectivity index (χ3v) is 11.9. The lowest BCUT2D eigenvalue weighted by molar-refractivity contribution is -0.154. The number of thioether (sulfide) groups is 1. The number of fused-ring (bicyclic) bond motifs is 1. The number of aliphatic hydroxyl groups is 1. The van der Waals surface area contributed by atoms with Gasteiger partial charge in [-0.25, -0.2) is 0 Å². The zero-order chi connectivity index (χ0) is 30.3. The summed E-state index contributed by atoms with van der Waals surface area (Å²) in [5.41, 5.74) is 0.386. The third-order valence-electron chi connectivity index (χ3n) is 8.71. The van der Waals surface area contributed by atoms with Gasteiger partial charge in [0, 0.05) is 22.2 Å². The van der Waals surface area contributed by atoms with Crippen LogP contribution in [0.5, 0.6) is 0 Å². The fourth-order valence-corrected chi connectivity index (χ4v) is 11.3. The largest absolute Gasteiger partial charge is 0.466 e. The van der Waals surface area contributed by atoms with Crippen molar-refractivity contribution < 1.29 is 24.2 Å². The van der Waals surface area contributed by atoms with Gasteiger partial charge in [-0.15, -0.1) is 18.3 Å². The summed E-state index contributed by atoms with van der Waals surface area (Å²) in [6, 6.07) is 8.25. The van der Waals surface area contributed by atoms with E-state index in [9.17, 15) is 19.5 Å². The van der Waals surface area contributed by atoms with Gasteiger partial charge >= 0.3 is 5.97 Å². The first kappa shape index (κ1) is 32.1. The molecule has 1 spiro atoms. The van der Waals surface area contributed by atoms with E-state index < -0.39 is 34.2 Å². The Morgan fingerprint density at radius 2 is 1.93 bits per heavy atom. The molecule has 0 radical (unpaired) electrons. The number of aliphatic hydroxyl groups excluding tert-OH is 1. The molecule has 0 aliphatic carbocycles. The van der Waals surface area contributed by atoms with Crippen LogP contribution in [0, 0.1) is 17.3 Å². The summed E-state index contributed by atoms with van der Waals surface area (Å²) in [4.78, 5) is 46.3. The van der Waals surface area contributed by atoms with E-state index in [0.717, 1.165) is 12.0 Å². The van der Waals surface area contributed by atoms with Crippen LogP contribution in [0.4, 0.5) is 0 Å². The smallest absolute Gasteiger partial charge is 0.310 e. The molecule has 3 saturated heterocycles. The molecule has 1 N–H and O–H groups in total. The Kier molecular flexibility index (Phi) is 9.42. The van der Waals surface area contributed by atoms with Crippen LogP contribution in [0.2, 0.25) is 0 Å². The number of halogens is 1. The van der Waals surface area contributed by atoms with E-state index in [4.69, 9.17) is 4.74 Å². The van der Waals surface area contributed by atoms with Crippen molar-refractivity contribution in [2.45, 2.75) is 93.3 Å². The molecule has 1 aromatic carbocycles. The summed E-state index contributed by atoms with van der Waals surface area (Å²) in [5.74, 6) is -2.13. The van der Waals surface area contributed by atoms with Gasteiger partial charge in [0.2, 0.25) is 11.8 Å². The van der Waals surface area contributed by atoms with Crippen molar-refractivity contribution in [3.8, 4) is 0 Å². The van der Waals surface area contributed by atoms with Gasteiger partial charge in [0.05, 0.1) is 35.8 Å². The molecule has 3 aliphatic heterocycles. The van der Waals surface area contributed by atoms with Gasteiger partial charge in [-0.05, 0) is 51.0 Å². The van der Waals surface area contributed by atoms with Gasteiger partial charge in [-0.1, -0.05) is 73.1 Å². The van der Waals surface area contributed by atoms with Crippen molar-refractivity contribution in [3.63, 3.8) is 0 Å². The Bertz CT molecular complexity index is 1150. The lowest BCUT2D eigenvalue weighted by Gasteiger charge is -2.46. The lowest BCUT2D eigenvalue weighted by atomic mass is 9.70. The average Bonchev–Trinajstić information content (AvgIpc) is 3.48. The molecule has 3 heterocycles. The Morgan fingerprint density at radius 1 is 1.27 bits per heavy atom. The molecule has 7 atom stereocenters. The summed E-state index contributed by atoms with van der Waals surface area (Å²) >= 11 is 5.40. The second kappa shape index (κ2) is 12.0. The molecule has 226 valence electrons. The number of hydrogen-bond acceptors (Lipinski definition) is 6. The fraction of sp³-hybridized carbons (Fsp3) is 0.656. The third kappa shape index (κ3) is 5.87. The number of rotatable bonds is 11. The standard InChI is InChI=1S/C32H45BrN2O5S/c1-8-15-34(31(6,7)19-30(3,4)5)28(38)26-32-17-22(33)25(41-32)23(29(39)40-9-2)24(32)27(37)35(26)21(18-36)16-20-13-11-10-12-14-20/h8,10-14,21-26,36H,1,9,15-19H2,2-7H3/t21-,22?,23-,24+,25-,26?,32?/m1/s1. The molecule has 1 aromatic rings. The monoisotopic (exact) mass is 648 g/mol. The van der Waals surface area contributed by atoms with Crippen LogP contribution in [0.15, 0.2) is 43.0 Å². The van der Waals surface area contributed by atoms with Crippen LogP contribution in [0.25, 0.3) is 0 Å². The number of amides is 2. The van der Waals surface area contributed by atoms with Crippen molar-refractivity contribution in [2.24, 2.45) is 17.3 Å². The maximum atomic E-state index is 15.0. The van der Waals surface area contributed by atoms with E-state index in [0.29, 0.717) is 19.4 Å². The highest BCUT2D eigenvalue weighted by Gasteiger charge is 2.77. The van der Waals surface area contributed by atoms with Crippen LogP contribution in [-0.2, 0) is 25.5 Å². The molecule has 0 saturated carbocycles. The quantitative estimate of drug-likeness (QED) is 0.210. The van der Waals surface area contributed by atoms with Crippen LogP contribution >= 0.6 is 27.7 Å². The second-order valence-corrected chi connectivity index (χ2v) is 16.2. The number of ether oxygens (including phenoxy) is 1. The van der Waals surface area contributed by atoms with Crippen molar-refractivity contribution >= 4 is 45.5 Å². The summed E-state index contributed by atoms with van der Waals surface area (Å²) in [6.07, 6.45) is 3.46. The highest BCUT2D eigenvalue weighted by atomic mass is 79.9. The maximum absolute atomic E-state index is 15.0. The van der Waals surface area contributed by atoms with Crippen LogP contribution in [0.3, 0.4) is 0 Å². The first-order chi connectivity index (χ1) is 19.2. The lowest BCUT2D eigenvalue weighted by Crippen LogP contribution is -2.62. The molecule has 2 amide bonds. The van der Waals surface area contributed by atoms with Crippen LogP contribution in [0.1, 0.15) is 59.9 Å². The average molecular weight is 650 g/mol. The number of esters is 1. The minimum atomic E-state index is -0.838. The van der Waals surface area contributed by atoms with E-state index in [1.807, 2.05) is 35.2 Å². The molecule has 7 nitrogen and oxygen atoms in total. The highest BCUT2D eigenvalue weighted by molar-refractivity contribution is 9.09. The Labute approximate surface area is 257 Å². The summed E-state index contributed by atoms with van der Waals surface area (Å²) in [5, 5.41) is 10.5. The molecule has 3 unspecified atom stereocenters. The van der Waals surface area contributed by atoms with Gasteiger partial charge in [0.1, 0.15) is 6.04 Å². The van der Waals surface area contributed by atoms with Crippen LogP contribution < -0.4 is 0 Å². The molecule has 9 heteroatoms. The Hall–Kier alpha value is -1.84. The van der Waals surface area contributed by atoms with E-state index in [1.54, 1.807) is 29.7 Å². The molecule has 3 aliphatic rings. The van der Waals surface area contributed by atoms with E-state index in [1.165, 1.54) is 0 Å². The molecule has 4 rings (SSSR count). The summed E-state index contributed by atoms with van der Waals surface area (Å²) in [7, 11) is 0. The van der Waals surface area contributed by atoms with Crippen molar-refractivity contribution in [1.29, 1.82) is 0 Å². The second-order valence-electron chi connectivity index (χ2n) is 13.5. The molecule has 3 fully saturated rings. The number of hydrogen-bond donors (Lipinski definition) is 1. The number of likely N-dealkylation sites (tertiary alicyclic amines) is 1. The predicted molar refractivity (Wildman–Crippen MR) is 167 cm³/mol. The molecular weight excluding hydrogens is 604 g/mol. The zero-order valence-corrected chi connectivity index (χ0v) is 27.5. The highest BCUT2D eigenvalue weighted by Crippen LogP contribution is 2.68. The first-order valence-corrected chi connectivity index (χ1v) is 16.4. The van der Waals surface area contributed by atoms with Gasteiger partial charge in [0.15, 0.2) is 0 Å². The van der Waals surface area contributed by atoms with E-state index in [-0.39, 0.29) is 46.5 Å². The number of carbonyl (C=O) groups is 3. The number of alkyl halides is 1. The molecular formula is C32H45BrN2O5S. The first-order valence-electron chi connectivity index (χ1n) is 14.6. The molecule has 2 bridgehead atoms. The van der Waals surface area contributed by atoms with Gasteiger partial charge in [0.25, 0.3) is 0 Å². The minimum Gasteiger partial charge on any atom is -0.466 e. The molecule has 0 aromatic heterocycles. The Balaban J connectivity index is 1.85. The van der Waals surface area contributed by atoms with Gasteiger partial charge in [-0.2, -0.15) is 0 Å². The van der Waals surface area contributed by atoms with Crippen molar-refractivity contribution in [1.82, 2.24) is 9.80 Å².